The van der Waals surface area contributed by atoms with Gasteiger partial charge in [0.1, 0.15) is 29.6 Å². The number of carbonyl (C=O) groups excluding carboxylic acids is 2. The largest absolute Gasteiger partial charge is 0.444 e. The number of benzene rings is 1. The monoisotopic (exact) mass is 542 g/mol. The lowest BCUT2D eigenvalue weighted by molar-refractivity contribution is -0.0156. The van der Waals surface area contributed by atoms with Crippen LogP contribution < -0.4 is 10.6 Å². The Morgan fingerprint density at radius 1 is 1.21 bits per heavy atom. The predicted octanol–water partition coefficient (Wildman–Crippen LogP) is 4.65. The third-order valence-corrected chi connectivity index (χ3v) is 5.02. The molecule has 182 valence electrons. The zero-order valence-corrected chi connectivity index (χ0v) is 20.1. The number of pyridine rings is 1. The number of amides is 2. The fourth-order valence-electron chi connectivity index (χ4n) is 3.10. The molecule has 12 heteroatoms. The van der Waals surface area contributed by atoms with E-state index in [9.17, 15) is 22.8 Å². The zero-order chi connectivity index (χ0) is 25.1. The molecule has 0 bridgehead atoms. The minimum absolute atomic E-state index is 0.0496. The summed E-state index contributed by atoms with van der Waals surface area (Å²) in [6.07, 6.45) is -2.69. The third-order valence-electron chi connectivity index (χ3n) is 4.55. The van der Waals surface area contributed by atoms with Crippen LogP contribution in [-0.4, -0.2) is 48.1 Å². The first kappa shape index (κ1) is 25.6. The summed E-state index contributed by atoms with van der Waals surface area (Å²) >= 11 is 3.21. The van der Waals surface area contributed by atoms with Crippen molar-refractivity contribution in [3.63, 3.8) is 0 Å². The maximum atomic E-state index is 14.8. The molecule has 8 nitrogen and oxygen atoms in total. The van der Waals surface area contributed by atoms with E-state index in [0.717, 1.165) is 12.1 Å². The van der Waals surface area contributed by atoms with Crippen LogP contribution in [0, 0.1) is 5.82 Å². The summed E-state index contributed by atoms with van der Waals surface area (Å²) < 4.78 is 54.4. The summed E-state index contributed by atoms with van der Waals surface area (Å²) in [6.45, 7) is 3.98. The first-order valence-corrected chi connectivity index (χ1v) is 10.9. The Labute approximate surface area is 202 Å². The number of carbonyl (C=O) groups is 2. The SMILES string of the molecule is CC(C)(C)OC(=O)NC1=NC(c2cc(NC(=O)c3ccc(Br)cn3)ccc2F)(C(F)F)COC1. The highest BCUT2D eigenvalue weighted by Gasteiger charge is 2.47. The predicted molar refractivity (Wildman–Crippen MR) is 122 cm³/mol. The van der Waals surface area contributed by atoms with Gasteiger partial charge < -0.3 is 14.8 Å². The number of halogens is 4. The minimum atomic E-state index is -3.20. The number of alkyl halides is 2. The van der Waals surface area contributed by atoms with E-state index in [4.69, 9.17) is 9.47 Å². The van der Waals surface area contributed by atoms with Crippen molar-refractivity contribution < 1.29 is 32.2 Å². The first-order valence-electron chi connectivity index (χ1n) is 10.1. The second kappa shape index (κ2) is 10.1. The number of ether oxygens (including phenoxy) is 2. The van der Waals surface area contributed by atoms with Crippen molar-refractivity contribution in [2.75, 3.05) is 18.5 Å². The fraction of sp³-hybridized carbons (Fsp3) is 0.364. The van der Waals surface area contributed by atoms with Gasteiger partial charge in [0.25, 0.3) is 12.3 Å². The van der Waals surface area contributed by atoms with E-state index in [2.05, 4.69) is 36.5 Å². The summed E-state index contributed by atoms with van der Waals surface area (Å²) in [5, 5.41) is 4.78. The quantitative estimate of drug-likeness (QED) is 0.585. The van der Waals surface area contributed by atoms with Gasteiger partial charge in [-0.3, -0.25) is 10.1 Å². The van der Waals surface area contributed by atoms with Crippen LogP contribution in [0.4, 0.5) is 23.7 Å². The van der Waals surface area contributed by atoms with E-state index in [1.165, 1.54) is 18.3 Å². The summed E-state index contributed by atoms with van der Waals surface area (Å²) in [6, 6.07) is 6.29. The van der Waals surface area contributed by atoms with Crippen LogP contribution >= 0.6 is 15.9 Å². The number of nitrogens with zero attached hydrogens (tertiary/aromatic N) is 2. The van der Waals surface area contributed by atoms with Crippen molar-refractivity contribution in [2.45, 2.75) is 38.3 Å². The third kappa shape index (κ3) is 6.11. The van der Waals surface area contributed by atoms with Crippen molar-refractivity contribution in [1.82, 2.24) is 10.3 Å². The Bertz CT molecular complexity index is 1110. The van der Waals surface area contributed by atoms with E-state index in [-0.39, 0.29) is 23.8 Å². The normalized spacial score (nSPS) is 18.3. The summed E-state index contributed by atoms with van der Waals surface area (Å²) in [7, 11) is 0. The van der Waals surface area contributed by atoms with E-state index in [1.54, 1.807) is 26.8 Å². The molecule has 0 saturated carbocycles. The Hall–Kier alpha value is -2.99. The molecule has 0 spiro atoms. The molecular weight excluding hydrogens is 521 g/mol. The van der Waals surface area contributed by atoms with Crippen LogP contribution in [0.5, 0.6) is 0 Å². The molecule has 2 N–H and O–H groups in total. The molecule has 2 amide bonds. The molecule has 1 unspecified atom stereocenters. The van der Waals surface area contributed by atoms with Gasteiger partial charge in [-0.25, -0.2) is 27.9 Å². The smallest absolute Gasteiger partial charge is 0.413 e. The standard InChI is InChI=1S/C22H22BrF3N4O4/c1-21(2,3)34-20(32)29-17-10-33-11-22(30-17,19(25)26)14-8-13(5-6-15(14)24)28-18(31)16-7-4-12(23)9-27-16/h4-9,19H,10-11H2,1-3H3,(H,28,31)(H,29,30,32). The molecule has 1 aromatic carbocycles. The summed E-state index contributed by atoms with van der Waals surface area (Å²) in [5.41, 5.74) is -3.67. The molecule has 1 aromatic heterocycles. The van der Waals surface area contributed by atoms with Crippen LogP contribution in [0.1, 0.15) is 36.8 Å². The highest BCUT2D eigenvalue weighted by atomic mass is 79.9. The number of nitrogens with one attached hydrogen (secondary N) is 2. The Kier molecular flexibility index (Phi) is 7.61. The molecule has 1 atom stereocenters. The van der Waals surface area contributed by atoms with Crippen molar-refractivity contribution in [3.8, 4) is 0 Å². The number of amidine groups is 1. The number of anilines is 1. The van der Waals surface area contributed by atoms with Gasteiger partial charge in [0.2, 0.25) is 0 Å². The van der Waals surface area contributed by atoms with Gasteiger partial charge in [0.15, 0.2) is 5.54 Å². The molecule has 0 fully saturated rings. The van der Waals surface area contributed by atoms with Crippen molar-refractivity contribution >= 4 is 39.5 Å². The molecule has 1 aliphatic rings. The number of hydrogen-bond donors (Lipinski definition) is 2. The average Bonchev–Trinajstić information content (AvgIpc) is 2.74. The van der Waals surface area contributed by atoms with Gasteiger partial charge in [-0.15, -0.1) is 0 Å². The Morgan fingerprint density at radius 3 is 2.56 bits per heavy atom. The summed E-state index contributed by atoms with van der Waals surface area (Å²) in [4.78, 5) is 32.4. The fourth-order valence-corrected chi connectivity index (χ4v) is 3.34. The van der Waals surface area contributed by atoms with Crippen LogP contribution in [0.25, 0.3) is 0 Å². The molecule has 34 heavy (non-hydrogen) atoms. The van der Waals surface area contributed by atoms with E-state index < -0.39 is 47.6 Å². The maximum absolute atomic E-state index is 14.8. The van der Waals surface area contributed by atoms with Crippen molar-refractivity contribution in [1.29, 1.82) is 0 Å². The van der Waals surface area contributed by atoms with Gasteiger partial charge in [0, 0.05) is 21.9 Å². The molecule has 0 saturated heterocycles. The van der Waals surface area contributed by atoms with E-state index in [0.29, 0.717) is 4.47 Å². The number of aliphatic imine (C=N–C) groups is 1. The van der Waals surface area contributed by atoms with Crippen LogP contribution in [0.3, 0.4) is 0 Å². The maximum Gasteiger partial charge on any atom is 0.413 e. The number of hydrogen-bond acceptors (Lipinski definition) is 6. The zero-order valence-electron chi connectivity index (χ0n) is 18.5. The minimum Gasteiger partial charge on any atom is -0.444 e. The highest BCUT2D eigenvalue weighted by molar-refractivity contribution is 9.10. The van der Waals surface area contributed by atoms with E-state index >= 15 is 0 Å². The number of aromatic nitrogens is 1. The van der Waals surface area contributed by atoms with Gasteiger partial charge in [0.05, 0.1) is 6.61 Å². The first-order chi connectivity index (χ1) is 15.9. The lowest BCUT2D eigenvalue weighted by Crippen LogP contribution is -2.48. The topological polar surface area (TPSA) is 102 Å². The lowest BCUT2D eigenvalue weighted by atomic mass is 9.90. The molecule has 1 aliphatic heterocycles. The molecule has 0 aliphatic carbocycles. The Balaban J connectivity index is 1.92. The summed E-state index contributed by atoms with van der Waals surface area (Å²) in [5.74, 6) is -1.84. The van der Waals surface area contributed by atoms with Gasteiger partial charge in [-0.05, 0) is 67.0 Å². The van der Waals surface area contributed by atoms with Crippen molar-refractivity contribution in [2.24, 2.45) is 4.99 Å². The van der Waals surface area contributed by atoms with Crippen LogP contribution in [0.15, 0.2) is 46.0 Å². The average molecular weight is 543 g/mol. The van der Waals surface area contributed by atoms with Crippen molar-refractivity contribution in [3.05, 3.63) is 58.1 Å². The molecule has 2 aromatic rings. The van der Waals surface area contributed by atoms with Gasteiger partial charge in [-0.2, -0.15) is 0 Å². The van der Waals surface area contributed by atoms with Gasteiger partial charge in [-0.1, -0.05) is 0 Å². The number of rotatable bonds is 4. The van der Waals surface area contributed by atoms with Crippen LogP contribution in [0.2, 0.25) is 0 Å². The number of alkyl carbamates (subject to hydrolysis) is 1. The van der Waals surface area contributed by atoms with E-state index in [1.807, 2.05) is 0 Å². The molecular formula is C22H22BrF3N4O4. The molecule has 0 radical (unpaired) electrons. The lowest BCUT2D eigenvalue weighted by Gasteiger charge is -2.34. The van der Waals surface area contributed by atoms with Crippen LogP contribution in [-0.2, 0) is 15.0 Å². The molecule has 2 heterocycles. The second-order valence-corrected chi connectivity index (χ2v) is 9.33. The Morgan fingerprint density at radius 2 is 1.94 bits per heavy atom. The van der Waals surface area contributed by atoms with Gasteiger partial charge >= 0.3 is 6.09 Å². The molecule has 3 rings (SSSR count). The second-order valence-electron chi connectivity index (χ2n) is 8.41. The highest BCUT2D eigenvalue weighted by Crippen LogP contribution is 2.38.